The number of amides is 1. The Morgan fingerprint density at radius 1 is 1.23 bits per heavy atom. The topological polar surface area (TPSA) is 32.8 Å². The van der Waals surface area contributed by atoms with E-state index in [4.69, 9.17) is 4.74 Å². The van der Waals surface area contributed by atoms with Gasteiger partial charge in [-0.05, 0) is 31.4 Å². The highest BCUT2D eigenvalue weighted by molar-refractivity contribution is 7.99. The SMILES string of the molecule is O=C([C@@H]1CC=CCC1)N1CCCSC[C@@H]1CN1CCOCC1. The first-order valence-corrected chi connectivity index (χ1v) is 9.83. The van der Waals surface area contributed by atoms with E-state index in [1.807, 2.05) is 11.8 Å². The lowest BCUT2D eigenvalue weighted by atomic mass is 9.92. The van der Waals surface area contributed by atoms with E-state index in [0.29, 0.717) is 11.9 Å². The molecule has 2 heterocycles. The molecule has 2 fully saturated rings. The molecule has 3 rings (SSSR count). The van der Waals surface area contributed by atoms with Gasteiger partial charge in [0.05, 0.1) is 19.3 Å². The molecule has 0 radical (unpaired) electrons. The third-order valence-electron chi connectivity index (χ3n) is 4.91. The fourth-order valence-electron chi connectivity index (χ4n) is 3.60. The summed E-state index contributed by atoms with van der Waals surface area (Å²) in [5.74, 6) is 2.91. The zero-order valence-electron chi connectivity index (χ0n) is 13.4. The van der Waals surface area contributed by atoms with Gasteiger partial charge in [-0.3, -0.25) is 9.69 Å². The average molecular weight is 324 g/mol. The Bertz CT molecular complexity index is 396. The molecule has 0 unspecified atom stereocenters. The normalized spacial score (nSPS) is 31.0. The molecular formula is C17H28N2O2S. The molecule has 4 nitrogen and oxygen atoms in total. The fourth-order valence-corrected chi connectivity index (χ4v) is 4.66. The largest absolute Gasteiger partial charge is 0.379 e. The Balaban J connectivity index is 1.64. The van der Waals surface area contributed by atoms with Gasteiger partial charge in [-0.2, -0.15) is 11.8 Å². The molecule has 22 heavy (non-hydrogen) atoms. The number of allylic oxidation sites excluding steroid dienone is 2. The van der Waals surface area contributed by atoms with E-state index in [-0.39, 0.29) is 5.92 Å². The summed E-state index contributed by atoms with van der Waals surface area (Å²) in [6, 6.07) is 0.379. The van der Waals surface area contributed by atoms with Crippen molar-refractivity contribution in [2.75, 3.05) is 50.9 Å². The van der Waals surface area contributed by atoms with Gasteiger partial charge >= 0.3 is 0 Å². The second-order valence-corrected chi connectivity index (χ2v) is 7.66. The molecule has 0 aromatic heterocycles. The van der Waals surface area contributed by atoms with Gasteiger partial charge in [0.1, 0.15) is 0 Å². The molecule has 124 valence electrons. The van der Waals surface area contributed by atoms with Crippen LogP contribution in [0.2, 0.25) is 0 Å². The Kier molecular flexibility index (Phi) is 6.21. The van der Waals surface area contributed by atoms with Crippen LogP contribution in [0.15, 0.2) is 12.2 Å². The van der Waals surface area contributed by atoms with Crippen LogP contribution in [0.1, 0.15) is 25.7 Å². The molecule has 1 amide bonds. The molecule has 1 aliphatic carbocycles. The maximum Gasteiger partial charge on any atom is 0.226 e. The van der Waals surface area contributed by atoms with Crippen LogP contribution in [-0.2, 0) is 9.53 Å². The molecule has 2 aliphatic heterocycles. The molecule has 0 aromatic rings. The lowest BCUT2D eigenvalue weighted by Crippen LogP contribution is -2.51. The van der Waals surface area contributed by atoms with E-state index in [1.54, 1.807) is 0 Å². The molecule has 0 saturated carbocycles. The fraction of sp³-hybridized carbons (Fsp3) is 0.824. The molecule has 5 heteroatoms. The average Bonchev–Trinajstić information content (AvgIpc) is 2.81. The van der Waals surface area contributed by atoms with E-state index in [1.165, 1.54) is 5.75 Å². The summed E-state index contributed by atoms with van der Waals surface area (Å²) in [7, 11) is 0. The summed E-state index contributed by atoms with van der Waals surface area (Å²) in [6.07, 6.45) is 8.57. The van der Waals surface area contributed by atoms with Crippen molar-refractivity contribution in [1.29, 1.82) is 0 Å². The summed E-state index contributed by atoms with van der Waals surface area (Å²) in [5.41, 5.74) is 0. The molecule has 0 spiro atoms. The number of nitrogens with zero attached hydrogens (tertiary/aromatic N) is 2. The lowest BCUT2D eigenvalue weighted by Gasteiger charge is -2.37. The van der Waals surface area contributed by atoms with Crippen molar-refractivity contribution >= 4 is 17.7 Å². The van der Waals surface area contributed by atoms with Gasteiger partial charge in [-0.15, -0.1) is 0 Å². The molecule has 2 atom stereocenters. The highest BCUT2D eigenvalue weighted by Gasteiger charge is 2.31. The van der Waals surface area contributed by atoms with Crippen LogP contribution in [0, 0.1) is 5.92 Å². The second-order valence-electron chi connectivity index (χ2n) is 6.51. The highest BCUT2D eigenvalue weighted by Crippen LogP contribution is 2.25. The molecule has 0 N–H and O–H groups in total. The van der Waals surface area contributed by atoms with E-state index < -0.39 is 0 Å². The molecule has 2 saturated heterocycles. The van der Waals surface area contributed by atoms with Crippen molar-refractivity contribution in [2.45, 2.75) is 31.7 Å². The minimum Gasteiger partial charge on any atom is -0.379 e. The van der Waals surface area contributed by atoms with E-state index in [2.05, 4.69) is 22.0 Å². The van der Waals surface area contributed by atoms with Crippen molar-refractivity contribution in [3.8, 4) is 0 Å². The van der Waals surface area contributed by atoms with Crippen molar-refractivity contribution in [3.63, 3.8) is 0 Å². The number of thioether (sulfide) groups is 1. The van der Waals surface area contributed by atoms with Gasteiger partial charge in [-0.1, -0.05) is 12.2 Å². The highest BCUT2D eigenvalue weighted by atomic mass is 32.2. The number of hydrogen-bond acceptors (Lipinski definition) is 4. The second kappa shape index (κ2) is 8.37. The first-order chi connectivity index (χ1) is 10.8. The van der Waals surface area contributed by atoms with Crippen LogP contribution in [-0.4, -0.2) is 72.6 Å². The maximum atomic E-state index is 13.0. The maximum absolute atomic E-state index is 13.0. The third-order valence-corrected chi connectivity index (χ3v) is 6.11. The van der Waals surface area contributed by atoms with Crippen LogP contribution >= 0.6 is 11.8 Å². The van der Waals surface area contributed by atoms with E-state index in [9.17, 15) is 4.79 Å². The van der Waals surface area contributed by atoms with Gasteiger partial charge in [0.2, 0.25) is 5.91 Å². The third kappa shape index (κ3) is 4.27. The standard InChI is InChI=1S/C17H28N2O2S/c20-17(15-5-2-1-3-6-15)19-7-4-12-22-14-16(19)13-18-8-10-21-11-9-18/h1-2,15-16H,3-14H2/t15-,16+/m1/s1. The predicted octanol–water partition coefficient (Wildman–Crippen LogP) is 2.01. The van der Waals surface area contributed by atoms with Gasteiger partial charge < -0.3 is 9.64 Å². The monoisotopic (exact) mass is 324 g/mol. The molecular weight excluding hydrogens is 296 g/mol. The molecule has 0 aromatic carbocycles. The Morgan fingerprint density at radius 2 is 2.09 bits per heavy atom. The first-order valence-electron chi connectivity index (χ1n) is 8.68. The Hall–Kier alpha value is -0.520. The molecule has 3 aliphatic rings. The van der Waals surface area contributed by atoms with Crippen molar-refractivity contribution in [2.24, 2.45) is 5.92 Å². The number of hydrogen-bond donors (Lipinski definition) is 0. The van der Waals surface area contributed by atoms with Crippen molar-refractivity contribution < 1.29 is 9.53 Å². The quantitative estimate of drug-likeness (QED) is 0.744. The van der Waals surface area contributed by atoms with Gasteiger partial charge in [-0.25, -0.2) is 0 Å². The van der Waals surface area contributed by atoms with Gasteiger partial charge in [0.15, 0.2) is 0 Å². The minimum absolute atomic E-state index is 0.222. The number of rotatable bonds is 3. The first kappa shape index (κ1) is 16.3. The number of morpholine rings is 1. The van der Waals surface area contributed by atoms with Crippen LogP contribution < -0.4 is 0 Å². The van der Waals surface area contributed by atoms with Gasteiger partial charge in [0, 0.05) is 37.8 Å². The van der Waals surface area contributed by atoms with E-state index in [0.717, 1.165) is 70.8 Å². The summed E-state index contributed by atoms with van der Waals surface area (Å²) < 4.78 is 5.45. The van der Waals surface area contributed by atoms with Crippen LogP contribution in [0.4, 0.5) is 0 Å². The number of carbonyl (C=O) groups excluding carboxylic acids is 1. The zero-order valence-corrected chi connectivity index (χ0v) is 14.2. The number of ether oxygens (including phenoxy) is 1. The smallest absolute Gasteiger partial charge is 0.226 e. The minimum atomic E-state index is 0.222. The van der Waals surface area contributed by atoms with Crippen LogP contribution in [0.5, 0.6) is 0 Å². The van der Waals surface area contributed by atoms with Crippen LogP contribution in [0.3, 0.4) is 0 Å². The van der Waals surface area contributed by atoms with Crippen molar-refractivity contribution in [1.82, 2.24) is 9.80 Å². The summed E-state index contributed by atoms with van der Waals surface area (Å²) >= 11 is 2.01. The van der Waals surface area contributed by atoms with E-state index >= 15 is 0 Å². The number of carbonyl (C=O) groups is 1. The summed E-state index contributed by atoms with van der Waals surface area (Å²) in [4.78, 5) is 17.7. The Morgan fingerprint density at radius 3 is 2.86 bits per heavy atom. The van der Waals surface area contributed by atoms with Crippen molar-refractivity contribution in [3.05, 3.63) is 12.2 Å². The molecule has 0 bridgehead atoms. The van der Waals surface area contributed by atoms with Gasteiger partial charge in [0.25, 0.3) is 0 Å². The lowest BCUT2D eigenvalue weighted by molar-refractivity contribution is -0.138. The zero-order chi connectivity index (χ0) is 15.2. The predicted molar refractivity (Wildman–Crippen MR) is 91.2 cm³/mol. The summed E-state index contributed by atoms with van der Waals surface area (Å²) in [5, 5.41) is 0. The Labute approximate surface area is 138 Å². The summed E-state index contributed by atoms with van der Waals surface area (Å²) in [6.45, 7) is 5.65. The van der Waals surface area contributed by atoms with Crippen LogP contribution in [0.25, 0.3) is 0 Å².